The summed E-state index contributed by atoms with van der Waals surface area (Å²) < 4.78 is 0. The monoisotopic (exact) mass is 298 g/mol. The Morgan fingerprint density at radius 3 is 2.33 bits per heavy atom. The van der Waals surface area contributed by atoms with Crippen LogP contribution in [0.15, 0.2) is 59.5 Å². The second-order valence-corrected chi connectivity index (χ2v) is 6.33. The van der Waals surface area contributed by atoms with Crippen LogP contribution in [0.3, 0.4) is 0 Å². The molecule has 0 aromatic heterocycles. The third-order valence-electron chi connectivity index (χ3n) is 3.40. The van der Waals surface area contributed by atoms with E-state index in [1.54, 1.807) is 0 Å². The Bertz CT molecular complexity index is 546. The minimum absolute atomic E-state index is 0.184. The summed E-state index contributed by atoms with van der Waals surface area (Å²) >= 11 is 1.87. The van der Waals surface area contributed by atoms with Crippen molar-refractivity contribution in [1.82, 2.24) is 0 Å². The number of unbranched alkanes of at least 4 members (excludes halogenated alkanes) is 2. The first-order chi connectivity index (χ1) is 10.3. The lowest BCUT2D eigenvalue weighted by Crippen LogP contribution is -2.03. The number of hydrogen-bond donors (Lipinski definition) is 0. The summed E-state index contributed by atoms with van der Waals surface area (Å²) in [6.07, 6.45) is 4.29. The minimum atomic E-state index is 0.184. The molecule has 1 nitrogen and oxygen atoms in total. The Morgan fingerprint density at radius 2 is 1.67 bits per heavy atom. The average Bonchev–Trinajstić information content (AvgIpc) is 2.53. The molecule has 0 fully saturated rings. The van der Waals surface area contributed by atoms with E-state index in [0.29, 0.717) is 6.42 Å². The van der Waals surface area contributed by atoms with Gasteiger partial charge in [0.25, 0.3) is 0 Å². The zero-order valence-corrected chi connectivity index (χ0v) is 13.4. The van der Waals surface area contributed by atoms with Gasteiger partial charge in [0.15, 0.2) is 5.78 Å². The maximum atomic E-state index is 12.2. The summed E-state index contributed by atoms with van der Waals surface area (Å²) in [5.74, 6) is 1.34. The fourth-order valence-corrected chi connectivity index (χ4v) is 3.08. The predicted molar refractivity (Wildman–Crippen MR) is 91.2 cm³/mol. The van der Waals surface area contributed by atoms with E-state index in [1.807, 2.05) is 54.2 Å². The molecule has 0 heterocycles. The Hall–Kier alpha value is -1.54. The molecule has 0 aliphatic heterocycles. The number of carbonyl (C=O) groups is 1. The lowest BCUT2D eigenvalue weighted by atomic mass is 10.0. The standard InChI is InChI=1S/C19H22OS/c1-2-3-7-14-21-18-12-10-17(11-13-18)19(20)15-16-8-5-4-6-9-16/h4-6,8-13H,2-3,7,14-15H2,1H3. The molecule has 110 valence electrons. The van der Waals surface area contributed by atoms with Crippen molar-refractivity contribution in [2.45, 2.75) is 37.5 Å². The van der Waals surface area contributed by atoms with Crippen LogP contribution in [0.2, 0.25) is 0 Å². The van der Waals surface area contributed by atoms with Crippen molar-refractivity contribution in [1.29, 1.82) is 0 Å². The highest BCUT2D eigenvalue weighted by atomic mass is 32.2. The summed E-state index contributed by atoms with van der Waals surface area (Å²) in [7, 11) is 0. The highest BCUT2D eigenvalue weighted by molar-refractivity contribution is 7.99. The fraction of sp³-hybridized carbons (Fsp3) is 0.316. The van der Waals surface area contributed by atoms with E-state index in [0.717, 1.165) is 16.9 Å². The molecule has 0 N–H and O–H groups in total. The molecular weight excluding hydrogens is 276 g/mol. The van der Waals surface area contributed by atoms with Gasteiger partial charge in [-0.1, -0.05) is 62.2 Å². The molecule has 0 spiro atoms. The molecule has 2 aromatic carbocycles. The van der Waals surface area contributed by atoms with E-state index in [2.05, 4.69) is 19.1 Å². The first-order valence-corrected chi connectivity index (χ1v) is 8.58. The molecule has 2 aromatic rings. The molecule has 0 amide bonds. The van der Waals surface area contributed by atoms with Crippen LogP contribution in [-0.4, -0.2) is 11.5 Å². The lowest BCUT2D eigenvalue weighted by molar-refractivity contribution is 0.0993. The zero-order valence-electron chi connectivity index (χ0n) is 12.5. The van der Waals surface area contributed by atoms with Crippen LogP contribution in [-0.2, 0) is 6.42 Å². The number of thioether (sulfide) groups is 1. The Kier molecular flexibility index (Phi) is 6.55. The largest absolute Gasteiger partial charge is 0.294 e. The molecule has 0 radical (unpaired) electrons. The second-order valence-electron chi connectivity index (χ2n) is 5.17. The van der Waals surface area contributed by atoms with Crippen LogP contribution < -0.4 is 0 Å². The van der Waals surface area contributed by atoms with E-state index in [1.165, 1.54) is 24.2 Å². The van der Waals surface area contributed by atoms with Crippen molar-refractivity contribution < 1.29 is 4.79 Å². The Balaban J connectivity index is 1.88. The minimum Gasteiger partial charge on any atom is -0.294 e. The Labute approximate surface area is 131 Å². The average molecular weight is 298 g/mol. The highest BCUT2D eigenvalue weighted by Crippen LogP contribution is 2.20. The smallest absolute Gasteiger partial charge is 0.167 e. The summed E-state index contributed by atoms with van der Waals surface area (Å²) in [5, 5.41) is 0. The van der Waals surface area contributed by atoms with Crippen molar-refractivity contribution in [3.63, 3.8) is 0 Å². The van der Waals surface area contributed by atoms with Gasteiger partial charge in [-0.3, -0.25) is 4.79 Å². The van der Waals surface area contributed by atoms with Gasteiger partial charge in [-0.2, -0.15) is 0 Å². The third kappa shape index (κ3) is 5.39. The van der Waals surface area contributed by atoms with Gasteiger partial charge in [0.2, 0.25) is 0 Å². The molecule has 2 heteroatoms. The van der Waals surface area contributed by atoms with E-state index >= 15 is 0 Å². The zero-order chi connectivity index (χ0) is 14.9. The summed E-state index contributed by atoms with van der Waals surface area (Å²) in [6.45, 7) is 2.22. The molecule has 0 unspecified atom stereocenters. The van der Waals surface area contributed by atoms with Crippen LogP contribution in [0.1, 0.15) is 42.1 Å². The van der Waals surface area contributed by atoms with Gasteiger partial charge in [-0.15, -0.1) is 11.8 Å². The van der Waals surface area contributed by atoms with Crippen LogP contribution in [0.25, 0.3) is 0 Å². The van der Waals surface area contributed by atoms with Gasteiger partial charge in [0.1, 0.15) is 0 Å². The van der Waals surface area contributed by atoms with Crippen LogP contribution in [0.5, 0.6) is 0 Å². The number of carbonyl (C=O) groups excluding carboxylic acids is 1. The summed E-state index contributed by atoms with van der Waals surface area (Å²) in [6, 6.07) is 17.9. The molecule has 0 aliphatic carbocycles. The van der Waals surface area contributed by atoms with Crippen molar-refractivity contribution in [2.24, 2.45) is 0 Å². The quantitative estimate of drug-likeness (QED) is 0.369. The normalized spacial score (nSPS) is 10.5. The van der Waals surface area contributed by atoms with Gasteiger partial charge in [0, 0.05) is 16.9 Å². The van der Waals surface area contributed by atoms with Gasteiger partial charge in [0.05, 0.1) is 0 Å². The number of ketones is 1. The fourth-order valence-electron chi connectivity index (χ4n) is 2.16. The first-order valence-electron chi connectivity index (χ1n) is 7.59. The van der Waals surface area contributed by atoms with E-state index in [9.17, 15) is 4.79 Å². The predicted octanol–water partition coefficient (Wildman–Crippen LogP) is 5.39. The highest BCUT2D eigenvalue weighted by Gasteiger charge is 2.06. The summed E-state index contributed by atoms with van der Waals surface area (Å²) in [4.78, 5) is 13.5. The number of rotatable bonds is 8. The van der Waals surface area contributed by atoms with Crippen molar-refractivity contribution in [3.8, 4) is 0 Å². The van der Waals surface area contributed by atoms with Crippen molar-refractivity contribution >= 4 is 17.5 Å². The summed E-state index contributed by atoms with van der Waals surface area (Å²) in [5.41, 5.74) is 1.87. The molecular formula is C19H22OS. The molecule has 0 bridgehead atoms. The lowest BCUT2D eigenvalue weighted by Gasteiger charge is -2.04. The molecule has 0 atom stereocenters. The van der Waals surface area contributed by atoms with Crippen molar-refractivity contribution in [2.75, 3.05) is 5.75 Å². The SMILES string of the molecule is CCCCCSc1ccc(C(=O)Cc2ccccc2)cc1. The number of hydrogen-bond acceptors (Lipinski definition) is 2. The topological polar surface area (TPSA) is 17.1 Å². The van der Waals surface area contributed by atoms with Crippen LogP contribution >= 0.6 is 11.8 Å². The molecule has 2 rings (SSSR count). The molecule has 0 saturated carbocycles. The van der Waals surface area contributed by atoms with E-state index in [4.69, 9.17) is 0 Å². The maximum Gasteiger partial charge on any atom is 0.167 e. The molecule has 21 heavy (non-hydrogen) atoms. The Morgan fingerprint density at radius 1 is 0.952 bits per heavy atom. The van der Waals surface area contributed by atoms with E-state index < -0.39 is 0 Å². The van der Waals surface area contributed by atoms with Gasteiger partial charge >= 0.3 is 0 Å². The van der Waals surface area contributed by atoms with Crippen molar-refractivity contribution in [3.05, 3.63) is 65.7 Å². The van der Waals surface area contributed by atoms with Crippen LogP contribution in [0, 0.1) is 0 Å². The molecule has 0 aliphatic rings. The third-order valence-corrected chi connectivity index (χ3v) is 4.50. The van der Waals surface area contributed by atoms with Crippen LogP contribution in [0.4, 0.5) is 0 Å². The number of Topliss-reactive ketones (excluding diaryl/α,β-unsaturated/α-hetero) is 1. The van der Waals surface area contributed by atoms with Gasteiger partial charge in [-0.25, -0.2) is 0 Å². The van der Waals surface area contributed by atoms with Gasteiger partial charge in [-0.05, 0) is 29.9 Å². The second kappa shape index (κ2) is 8.68. The molecule has 0 saturated heterocycles. The van der Waals surface area contributed by atoms with E-state index in [-0.39, 0.29) is 5.78 Å². The first kappa shape index (κ1) is 15.8. The van der Waals surface area contributed by atoms with Gasteiger partial charge < -0.3 is 0 Å². The maximum absolute atomic E-state index is 12.2. The number of benzene rings is 2.